The molecule has 0 saturated heterocycles. The van der Waals surface area contributed by atoms with E-state index in [-0.39, 0.29) is 5.97 Å². The van der Waals surface area contributed by atoms with Gasteiger partial charge in [-0.3, -0.25) is 4.79 Å². The zero-order chi connectivity index (χ0) is 11.4. The van der Waals surface area contributed by atoms with E-state index in [9.17, 15) is 4.79 Å². The van der Waals surface area contributed by atoms with Crippen molar-refractivity contribution in [3.8, 4) is 0 Å². The van der Waals surface area contributed by atoms with Gasteiger partial charge in [-0.2, -0.15) is 0 Å². The van der Waals surface area contributed by atoms with Crippen LogP contribution in [0.25, 0.3) is 0 Å². The van der Waals surface area contributed by atoms with Crippen LogP contribution in [0.2, 0.25) is 0 Å². The summed E-state index contributed by atoms with van der Waals surface area (Å²) in [5.74, 6) is 0.474. The largest absolute Gasteiger partial charge is 0.465 e. The number of esters is 1. The summed E-state index contributed by atoms with van der Waals surface area (Å²) in [6.07, 6.45) is 2.74. The molecule has 1 aromatic carbocycles. The second kappa shape index (κ2) is 5.12. The van der Waals surface area contributed by atoms with Gasteiger partial charge in [0.05, 0.1) is 13.0 Å². The third kappa shape index (κ3) is 3.07. The first kappa shape index (κ1) is 11.1. The average Bonchev–Trinajstić information content (AvgIpc) is 3.11. The third-order valence-corrected chi connectivity index (χ3v) is 2.85. The molecule has 0 aromatic heterocycles. The maximum atomic E-state index is 11.5. The molecule has 1 aromatic rings. The van der Waals surface area contributed by atoms with E-state index in [1.807, 2.05) is 24.3 Å². The zero-order valence-electron chi connectivity index (χ0n) is 9.32. The standard InChI is InChI=1S/C13H17NO2/c14-8-12-4-2-1-3-11(12)7-13(15)16-9-10-5-6-10/h1-4,10H,5-9,14H2. The minimum Gasteiger partial charge on any atom is -0.465 e. The van der Waals surface area contributed by atoms with Crippen LogP contribution in [-0.2, 0) is 22.5 Å². The van der Waals surface area contributed by atoms with Gasteiger partial charge in [0.25, 0.3) is 0 Å². The molecule has 2 N–H and O–H groups in total. The molecule has 0 spiro atoms. The topological polar surface area (TPSA) is 52.3 Å². The van der Waals surface area contributed by atoms with Crippen molar-refractivity contribution < 1.29 is 9.53 Å². The number of hydrogen-bond acceptors (Lipinski definition) is 3. The molecule has 0 amide bonds. The number of rotatable bonds is 5. The van der Waals surface area contributed by atoms with Crippen LogP contribution in [0.15, 0.2) is 24.3 Å². The molecule has 0 aliphatic heterocycles. The van der Waals surface area contributed by atoms with Crippen LogP contribution < -0.4 is 5.73 Å². The van der Waals surface area contributed by atoms with Crippen molar-refractivity contribution in [3.63, 3.8) is 0 Å². The minimum atomic E-state index is -0.146. The van der Waals surface area contributed by atoms with Gasteiger partial charge >= 0.3 is 5.97 Å². The Morgan fingerprint density at radius 2 is 2.00 bits per heavy atom. The Hall–Kier alpha value is -1.35. The zero-order valence-corrected chi connectivity index (χ0v) is 9.32. The molecule has 1 saturated carbocycles. The second-order valence-electron chi connectivity index (χ2n) is 4.28. The predicted octanol–water partition coefficient (Wildman–Crippen LogP) is 1.64. The fourth-order valence-electron chi connectivity index (χ4n) is 1.63. The van der Waals surface area contributed by atoms with Crippen molar-refractivity contribution in [2.45, 2.75) is 25.8 Å². The Morgan fingerprint density at radius 1 is 1.31 bits per heavy atom. The summed E-state index contributed by atoms with van der Waals surface area (Å²) in [7, 11) is 0. The number of ether oxygens (including phenoxy) is 1. The molecule has 0 heterocycles. The molecular weight excluding hydrogens is 202 g/mol. The molecule has 0 atom stereocenters. The molecular formula is C13H17NO2. The van der Waals surface area contributed by atoms with Crippen LogP contribution in [-0.4, -0.2) is 12.6 Å². The molecule has 2 rings (SSSR count). The number of carbonyl (C=O) groups is 1. The lowest BCUT2D eigenvalue weighted by Crippen LogP contribution is -2.12. The first-order chi connectivity index (χ1) is 7.79. The number of hydrogen-bond donors (Lipinski definition) is 1. The molecule has 3 heteroatoms. The van der Waals surface area contributed by atoms with Gasteiger partial charge < -0.3 is 10.5 Å². The summed E-state index contributed by atoms with van der Waals surface area (Å²) in [5, 5.41) is 0. The summed E-state index contributed by atoms with van der Waals surface area (Å²) < 4.78 is 5.19. The lowest BCUT2D eigenvalue weighted by molar-refractivity contribution is -0.143. The fourth-order valence-corrected chi connectivity index (χ4v) is 1.63. The number of nitrogens with two attached hydrogens (primary N) is 1. The summed E-state index contributed by atoms with van der Waals surface area (Å²) in [4.78, 5) is 11.5. The summed E-state index contributed by atoms with van der Waals surface area (Å²) in [6.45, 7) is 1.05. The third-order valence-electron chi connectivity index (χ3n) is 2.85. The minimum absolute atomic E-state index is 0.146. The Morgan fingerprint density at radius 3 is 2.62 bits per heavy atom. The van der Waals surface area contributed by atoms with Crippen LogP contribution in [0.1, 0.15) is 24.0 Å². The van der Waals surface area contributed by atoms with E-state index in [1.54, 1.807) is 0 Å². The molecule has 0 unspecified atom stereocenters. The van der Waals surface area contributed by atoms with Crippen LogP contribution in [0.4, 0.5) is 0 Å². The van der Waals surface area contributed by atoms with Crippen LogP contribution in [0.5, 0.6) is 0 Å². The van der Waals surface area contributed by atoms with Gasteiger partial charge in [-0.05, 0) is 29.9 Å². The van der Waals surface area contributed by atoms with Crippen molar-refractivity contribution in [2.24, 2.45) is 11.7 Å². The van der Waals surface area contributed by atoms with Gasteiger partial charge in [0.15, 0.2) is 0 Å². The fraction of sp³-hybridized carbons (Fsp3) is 0.462. The average molecular weight is 219 g/mol. The molecule has 86 valence electrons. The van der Waals surface area contributed by atoms with Crippen LogP contribution in [0.3, 0.4) is 0 Å². The quantitative estimate of drug-likeness (QED) is 0.766. The van der Waals surface area contributed by atoms with Gasteiger partial charge in [-0.15, -0.1) is 0 Å². The van der Waals surface area contributed by atoms with E-state index in [4.69, 9.17) is 10.5 Å². The molecule has 0 radical (unpaired) electrons. The summed E-state index contributed by atoms with van der Waals surface area (Å²) in [6, 6.07) is 7.73. The van der Waals surface area contributed by atoms with Crippen LogP contribution in [0, 0.1) is 5.92 Å². The molecule has 3 nitrogen and oxygen atoms in total. The van der Waals surface area contributed by atoms with Gasteiger partial charge in [0.2, 0.25) is 0 Å². The van der Waals surface area contributed by atoms with E-state index >= 15 is 0 Å². The maximum Gasteiger partial charge on any atom is 0.310 e. The van der Waals surface area contributed by atoms with Gasteiger partial charge in [-0.25, -0.2) is 0 Å². The summed E-state index contributed by atoms with van der Waals surface area (Å²) >= 11 is 0. The van der Waals surface area contributed by atoms with E-state index in [2.05, 4.69) is 0 Å². The molecule has 16 heavy (non-hydrogen) atoms. The SMILES string of the molecule is NCc1ccccc1CC(=O)OCC1CC1. The highest BCUT2D eigenvalue weighted by molar-refractivity contribution is 5.73. The van der Waals surface area contributed by atoms with E-state index < -0.39 is 0 Å². The van der Waals surface area contributed by atoms with E-state index in [0.717, 1.165) is 11.1 Å². The Balaban J connectivity index is 1.88. The predicted molar refractivity (Wildman–Crippen MR) is 61.7 cm³/mol. The molecule has 1 fully saturated rings. The highest BCUT2D eigenvalue weighted by Gasteiger charge is 2.23. The normalized spacial score (nSPS) is 14.8. The first-order valence-electron chi connectivity index (χ1n) is 5.72. The van der Waals surface area contributed by atoms with Crippen molar-refractivity contribution in [1.29, 1.82) is 0 Å². The van der Waals surface area contributed by atoms with Crippen molar-refractivity contribution in [1.82, 2.24) is 0 Å². The van der Waals surface area contributed by atoms with E-state index in [1.165, 1.54) is 12.8 Å². The van der Waals surface area contributed by atoms with E-state index in [0.29, 0.717) is 25.5 Å². The Labute approximate surface area is 95.6 Å². The Bertz CT molecular complexity index is 372. The molecule has 1 aliphatic rings. The molecule has 1 aliphatic carbocycles. The van der Waals surface area contributed by atoms with Gasteiger partial charge in [-0.1, -0.05) is 24.3 Å². The lowest BCUT2D eigenvalue weighted by Gasteiger charge is -2.07. The van der Waals surface area contributed by atoms with Crippen molar-refractivity contribution >= 4 is 5.97 Å². The van der Waals surface area contributed by atoms with Gasteiger partial charge in [0, 0.05) is 6.54 Å². The molecule has 0 bridgehead atoms. The summed E-state index contributed by atoms with van der Waals surface area (Å²) in [5.41, 5.74) is 7.60. The Kier molecular flexibility index (Phi) is 3.57. The van der Waals surface area contributed by atoms with Crippen molar-refractivity contribution in [3.05, 3.63) is 35.4 Å². The van der Waals surface area contributed by atoms with Gasteiger partial charge in [0.1, 0.15) is 0 Å². The van der Waals surface area contributed by atoms with Crippen molar-refractivity contribution in [2.75, 3.05) is 6.61 Å². The lowest BCUT2D eigenvalue weighted by atomic mass is 10.1. The highest BCUT2D eigenvalue weighted by atomic mass is 16.5. The van der Waals surface area contributed by atoms with Crippen LogP contribution >= 0.6 is 0 Å². The second-order valence-corrected chi connectivity index (χ2v) is 4.28. The number of benzene rings is 1. The maximum absolute atomic E-state index is 11.5. The number of carbonyl (C=O) groups excluding carboxylic acids is 1. The highest BCUT2D eigenvalue weighted by Crippen LogP contribution is 2.28. The smallest absolute Gasteiger partial charge is 0.310 e. The monoisotopic (exact) mass is 219 g/mol. The first-order valence-corrected chi connectivity index (χ1v) is 5.72.